The van der Waals surface area contributed by atoms with E-state index in [1.165, 1.54) is 41.5 Å². The van der Waals surface area contributed by atoms with Crippen molar-refractivity contribution in [2.24, 2.45) is 0 Å². The largest absolute Gasteiger partial charge is 0.277 e. The van der Waals surface area contributed by atoms with Gasteiger partial charge in [0.15, 0.2) is 0 Å². The summed E-state index contributed by atoms with van der Waals surface area (Å²) in [6.45, 7) is 0. The number of para-hydroxylation sites is 2. The number of hydrogen-bond acceptors (Lipinski definition) is 5. The van der Waals surface area contributed by atoms with E-state index in [1.807, 2.05) is 29.6 Å². The van der Waals surface area contributed by atoms with Crippen LogP contribution in [0.5, 0.6) is 0 Å². The molecule has 0 saturated heterocycles. The van der Waals surface area contributed by atoms with Crippen LogP contribution in [0.2, 0.25) is 0 Å². The first kappa shape index (κ1) is 23.2. The van der Waals surface area contributed by atoms with Crippen LogP contribution in [0.15, 0.2) is 147 Å². The third kappa shape index (κ3) is 3.49. The van der Waals surface area contributed by atoms with Gasteiger partial charge in [-0.2, -0.15) is 0 Å². The lowest BCUT2D eigenvalue weighted by atomic mass is 9.96. The third-order valence-electron chi connectivity index (χ3n) is 7.86. The third-order valence-corrected chi connectivity index (χ3v) is 10.5. The Morgan fingerprint density at radius 2 is 1.27 bits per heavy atom. The van der Waals surface area contributed by atoms with E-state index in [4.69, 9.17) is 9.97 Å². The molecular formula is C36H21N3S2. The summed E-state index contributed by atoms with van der Waals surface area (Å²) in [7, 11) is 0. The van der Waals surface area contributed by atoms with Crippen LogP contribution < -0.4 is 4.90 Å². The van der Waals surface area contributed by atoms with E-state index in [2.05, 4.69) is 126 Å². The number of aromatic nitrogens is 2. The summed E-state index contributed by atoms with van der Waals surface area (Å²) in [5.74, 6) is 0.665. The minimum Gasteiger partial charge on any atom is -0.277 e. The van der Waals surface area contributed by atoms with Crippen LogP contribution >= 0.6 is 23.5 Å². The van der Waals surface area contributed by atoms with E-state index in [9.17, 15) is 0 Å². The highest BCUT2D eigenvalue weighted by molar-refractivity contribution is 8.05. The van der Waals surface area contributed by atoms with Crippen molar-refractivity contribution < 1.29 is 0 Å². The molecule has 0 spiro atoms. The fourth-order valence-electron chi connectivity index (χ4n) is 6.04. The molecule has 1 aromatic heterocycles. The van der Waals surface area contributed by atoms with Crippen LogP contribution in [0.3, 0.4) is 0 Å². The Morgan fingerprint density at radius 1 is 0.512 bits per heavy atom. The molecule has 7 aromatic rings. The fourth-order valence-corrected chi connectivity index (χ4v) is 8.59. The molecule has 0 aliphatic carbocycles. The van der Waals surface area contributed by atoms with E-state index in [1.54, 1.807) is 0 Å². The van der Waals surface area contributed by atoms with Gasteiger partial charge in [0.1, 0.15) is 0 Å². The smallest absolute Gasteiger partial charge is 0.235 e. The topological polar surface area (TPSA) is 29.0 Å². The van der Waals surface area contributed by atoms with Crippen LogP contribution in [0.4, 0.5) is 17.3 Å². The van der Waals surface area contributed by atoms with Crippen molar-refractivity contribution in [1.29, 1.82) is 0 Å². The summed E-state index contributed by atoms with van der Waals surface area (Å²) in [5, 5.41) is 3.61. The second-order valence-corrected chi connectivity index (χ2v) is 12.3. The molecule has 0 amide bonds. The summed E-state index contributed by atoms with van der Waals surface area (Å²) >= 11 is 3.73. The second-order valence-electron chi connectivity index (χ2n) is 10.2. The molecule has 0 N–H and O–H groups in total. The van der Waals surface area contributed by atoms with Gasteiger partial charge in [-0.1, -0.05) is 121 Å². The van der Waals surface area contributed by atoms with Gasteiger partial charge < -0.3 is 0 Å². The monoisotopic (exact) mass is 559 g/mol. The number of benzene rings is 6. The zero-order valence-electron chi connectivity index (χ0n) is 21.8. The first-order valence-electron chi connectivity index (χ1n) is 13.6. The Hall–Kier alpha value is -4.58. The summed E-state index contributed by atoms with van der Waals surface area (Å²) < 4.78 is 0. The van der Waals surface area contributed by atoms with E-state index in [0.717, 1.165) is 33.5 Å². The summed E-state index contributed by atoms with van der Waals surface area (Å²) in [6.07, 6.45) is 0. The molecule has 0 saturated carbocycles. The van der Waals surface area contributed by atoms with Gasteiger partial charge in [-0.25, -0.2) is 9.97 Å². The maximum atomic E-state index is 5.34. The van der Waals surface area contributed by atoms with Crippen molar-refractivity contribution in [2.75, 3.05) is 4.90 Å². The van der Waals surface area contributed by atoms with Gasteiger partial charge in [0.05, 0.1) is 27.5 Å². The molecule has 41 heavy (non-hydrogen) atoms. The van der Waals surface area contributed by atoms with Gasteiger partial charge in [-0.05, 0) is 41.3 Å². The van der Waals surface area contributed by atoms with E-state index < -0.39 is 0 Å². The average Bonchev–Trinajstić information content (AvgIpc) is 3.08. The van der Waals surface area contributed by atoms with Crippen molar-refractivity contribution in [3.05, 3.63) is 127 Å². The maximum absolute atomic E-state index is 5.34. The molecule has 5 heteroatoms. The number of hydrogen-bond donors (Lipinski definition) is 0. The Morgan fingerprint density at radius 3 is 2.22 bits per heavy atom. The Labute approximate surface area is 245 Å². The summed E-state index contributed by atoms with van der Waals surface area (Å²) in [4.78, 5) is 18.0. The van der Waals surface area contributed by atoms with Gasteiger partial charge in [0, 0.05) is 36.6 Å². The van der Waals surface area contributed by atoms with Crippen molar-refractivity contribution in [2.45, 2.75) is 19.6 Å². The maximum Gasteiger partial charge on any atom is 0.235 e. The lowest BCUT2D eigenvalue weighted by Crippen LogP contribution is -2.16. The van der Waals surface area contributed by atoms with Crippen molar-refractivity contribution in [3.63, 3.8) is 0 Å². The fraction of sp³-hybridized carbons (Fsp3) is 0. The van der Waals surface area contributed by atoms with Crippen molar-refractivity contribution in [3.8, 4) is 22.4 Å². The van der Waals surface area contributed by atoms with Gasteiger partial charge in [0.25, 0.3) is 0 Å². The summed E-state index contributed by atoms with van der Waals surface area (Å²) in [6, 6.07) is 45.2. The van der Waals surface area contributed by atoms with E-state index in [0.29, 0.717) is 5.95 Å². The minimum atomic E-state index is 0.665. The molecule has 2 aliphatic rings. The van der Waals surface area contributed by atoms with Gasteiger partial charge in [0.2, 0.25) is 5.95 Å². The molecule has 0 atom stereocenters. The summed E-state index contributed by atoms with van der Waals surface area (Å²) in [5.41, 5.74) is 7.49. The molecule has 6 aromatic carbocycles. The molecule has 0 radical (unpaired) electrons. The average molecular weight is 560 g/mol. The number of nitrogens with zero attached hydrogens (tertiary/aromatic N) is 3. The van der Waals surface area contributed by atoms with Crippen LogP contribution in [0.25, 0.3) is 44.1 Å². The standard InChI is InChI=1S/C36H21N3S2/c1-2-10-23(11-3-1)33-26-14-4-6-16-27(26)37-36(38-33)39-28-17-7-5-13-24(28)25-15-8-12-22-20-21-31-35(32(22)25)41-34-29(39)18-9-19-30(34)40-31/h1-21H. The molecule has 3 heterocycles. The number of rotatable bonds is 2. The highest BCUT2D eigenvalue weighted by Gasteiger charge is 2.31. The second kappa shape index (κ2) is 8.96. The van der Waals surface area contributed by atoms with Gasteiger partial charge in [-0.3, -0.25) is 4.90 Å². The Balaban J connectivity index is 1.42. The first-order valence-corrected chi connectivity index (χ1v) is 15.2. The van der Waals surface area contributed by atoms with Crippen LogP contribution in [-0.2, 0) is 0 Å². The minimum absolute atomic E-state index is 0.665. The predicted molar refractivity (Wildman–Crippen MR) is 171 cm³/mol. The lowest BCUT2D eigenvalue weighted by Gasteiger charge is -2.29. The van der Waals surface area contributed by atoms with Crippen LogP contribution in [-0.4, -0.2) is 9.97 Å². The number of fused-ring (bicyclic) bond motifs is 3. The van der Waals surface area contributed by atoms with Crippen molar-refractivity contribution >= 4 is 62.5 Å². The van der Waals surface area contributed by atoms with E-state index >= 15 is 0 Å². The lowest BCUT2D eigenvalue weighted by molar-refractivity contribution is 1.07. The Bertz CT molecular complexity index is 2180. The molecule has 0 fully saturated rings. The van der Waals surface area contributed by atoms with Gasteiger partial charge >= 0.3 is 0 Å². The normalized spacial score (nSPS) is 13.1. The molecular weight excluding hydrogens is 539 g/mol. The van der Waals surface area contributed by atoms with E-state index in [-0.39, 0.29) is 0 Å². The first-order chi connectivity index (χ1) is 20.3. The Kier molecular flexibility index (Phi) is 5.06. The highest BCUT2D eigenvalue weighted by atomic mass is 32.2. The van der Waals surface area contributed by atoms with Gasteiger partial charge in [-0.15, -0.1) is 0 Å². The van der Waals surface area contributed by atoms with Crippen LogP contribution in [0, 0.1) is 0 Å². The quantitative estimate of drug-likeness (QED) is 0.210. The zero-order chi connectivity index (χ0) is 26.9. The molecule has 9 rings (SSSR count). The van der Waals surface area contributed by atoms with Crippen LogP contribution in [0.1, 0.15) is 0 Å². The molecule has 0 unspecified atom stereocenters. The molecule has 2 aliphatic heterocycles. The molecule has 192 valence electrons. The highest BCUT2D eigenvalue weighted by Crippen LogP contribution is 2.58. The predicted octanol–water partition coefficient (Wildman–Crippen LogP) is 10.5. The SMILES string of the molecule is c1ccc(-c2nc(N3c4ccccc4-c4cccc5ccc6c(c45)Sc4c(cccc43)S6)nc3ccccc23)cc1. The van der Waals surface area contributed by atoms with Crippen molar-refractivity contribution in [1.82, 2.24) is 9.97 Å². The molecule has 2 bridgehead atoms. The molecule has 3 nitrogen and oxygen atoms in total. The zero-order valence-corrected chi connectivity index (χ0v) is 23.4. The number of anilines is 3.